The highest BCUT2D eigenvalue weighted by Gasteiger charge is 2.11. The number of aromatic hydroxyl groups is 1. The molecule has 2 N–H and O–H groups in total. The molecule has 2 aromatic rings. The minimum Gasteiger partial charge on any atom is -0.507 e. The smallest absolute Gasteiger partial charge is 0.255 e. The lowest BCUT2D eigenvalue weighted by Crippen LogP contribution is -2.23. The number of amides is 1. The van der Waals surface area contributed by atoms with Gasteiger partial charge in [-0.15, -0.1) is 0 Å². The molecule has 0 bridgehead atoms. The lowest BCUT2D eigenvalue weighted by atomic mass is 10.2. The summed E-state index contributed by atoms with van der Waals surface area (Å²) in [5.74, 6) is -1.49. The highest BCUT2D eigenvalue weighted by molar-refractivity contribution is 5.96. The summed E-state index contributed by atoms with van der Waals surface area (Å²) < 4.78 is 12.8. The largest absolute Gasteiger partial charge is 0.507 e. The first-order valence-electron chi connectivity index (χ1n) is 5.18. The van der Waals surface area contributed by atoms with Gasteiger partial charge in [0.15, 0.2) is 0 Å². The van der Waals surface area contributed by atoms with Gasteiger partial charge >= 0.3 is 0 Å². The van der Waals surface area contributed by atoms with Crippen LogP contribution in [-0.2, 0) is 6.54 Å². The van der Waals surface area contributed by atoms with Gasteiger partial charge in [0, 0.05) is 12.3 Å². The molecule has 0 aliphatic rings. The van der Waals surface area contributed by atoms with E-state index >= 15 is 0 Å². The van der Waals surface area contributed by atoms with Crippen LogP contribution in [0.25, 0.3) is 0 Å². The second-order valence-corrected chi connectivity index (χ2v) is 3.54. The minimum absolute atomic E-state index is 0.0189. The Morgan fingerprint density at radius 2 is 2.22 bits per heavy atom. The predicted molar refractivity (Wildman–Crippen MR) is 61.3 cm³/mol. The Bertz CT molecular complexity index is 561. The first-order valence-corrected chi connectivity index (χ1v) is 5.18. The van der Waals surface area contributed by atoms with E-state index in [1.165, 1.54) is 12.4 Å². The van der Waals surface area contributed by atoms with E-state index in [1.54, 1.807) is 12.3 Å². The Morgan fingerprint density at radius 3 is 2.89 bits per heavy atom. The Balaban J connectivity index is 2.04. The van der Waals surface area contributed by atoms with Crippen molar-refractivity contribution in [3.8, 4) is 5.75 Å². The number of benzene rings is 1. The van der Waals surface area contributed by atoms with Crippen molar-refractivity contribution < 1.29 is 14.3 Å². The molecular formula is C12H10FN3O2. The summed E-state index contributed by atoms with van der Waals surface area (Å²) in [6.07, 6.45) is 2.93. The van der Waals surface area contributed by atoms with Gasteiger partial charge in [0.25, 0.3) is 5.91 Å². The van der Waals surface area contributed by atoms with Gasteiger partial charge in [-0.2, -0.15) is 0 Å². The number of carbonyl (C=O) groups is 1. The van der Waals surface area contributed by atoms with E-state index < -0.39 is 17.5 Å². The van der Waals surface area contributed by atoms with Crippen LogP contribution in [0.2, 0.25) is 0 Å². The molecule has 2 rings (SSSR count). The van der Waals surface area contributed by atoms with Gasteiger partial charge in [0.1, 0.15) is 17.9 Å². The number of hydrogen-bond acceptors (Lipinski definition) is 4. The van der Waals surface area contributed by atoms with E-state index in [0.29, 0.717) is 5.69 Å². The number of hydrogen-bond donors (Lipinski definition) is 2. The zero-order valence-electron chi connectivity index (χ0n) is 9.30. The summed E-state index contributed by atoms with van der Waals surface area (Å²) in [7, 11) is 0. The highest BCUT2D eigenvalue weighted by Crippen LogP contribution is 2.17. The van der Waals surface area contributed by atoms with Gasteiger partial charge in [-0.1, -0.05) is 0 Å². The maximum Gasteiger partial charge on any atom is 0.255 e. The molecule has 0 aliphatic heterocycles. The summed E-state index contributed by atoms with van der Waals surface area (Å²) in [5, 5.41) is 12.0. The first-order chi connectivity index (χ1) is 8.66. The molecule has 1 amide bonds. The number of nitrogens with one attached hydrogen (secondary N) is 1. The van der Waals surface area contributed by atoms with Crippen molar-refractivity contribution in [2.75, 3.05) is 0 Å². The number of aromatic nitrogens is 2. The van der Waals surface area contributed by atoms with Gasteiger partial charge < -0.3 is 10.4 Å². The summed E-state index contributed by atoms with van der Waals surface area (Å²) in [6.45, 7) is 0.207. The van der Waals surface area contributed by atoms with E-state index in [2.05, 4.69) is 15.3 Å². The van der Waals surface area contributed by atoms with Crippen molar-refractivity contribution in [1.29, 1.82) is 0 Å². The molecule has 0 fully saturated rings. The van der Waals surface area contributed by atoms with Gasteiger partial charge in [0.05, 0.1) is 17.8 Å². The lowest BCUT2D eigenvalue weighted by molar-refractivity contribution is 0.0947. The topological polar surface area (TPSA) is 75.1 Å². The van der Waals surface area contributed by atoms with Crippen LogP contribution in [0, 0.1) is 5.82 Å². The van der Waals surface area contributed by atoms with E-state index in [-0.39, 0.29) is 12.1 Å². The normalized spacial score (nSPS) is 10.1. The SMILES string of the molecule is O=C(NCc1ccncn1)c1ccc(F)cc1O. The molecule has 0 atom stereocenters. The van der Waals surface area contributed by atoms with E-state index in [9.17, 15) is 14.3 Å². The molecule has 92 valence electrons. The van der Waals surface area contributed by atoms with Gasteiger partial charge in [-0.05, 0) is 18.2 Å². The number of phenols is 1. The van der Waals surface area contributed by atoms with Crippen molar-refractivity contribution in [2.45, 2.75) is 6.54 Å². The number of nitrogens with zero attached hydrogens (tertiary/aromatic N) is 2. The van der Waals surface area contributed by atoms with Crippen LogP contribution in [0.3, 0.4) is 0 Å². The zero-order valence-corrected chi connectivity index (χ0v) is 9.30. The molecule has 6 heteroatoms. The number of carbonyl (C=O) groups excluding carboxylic acids is 1. The van der Waals surface area contributed by atoms with E-state index in [1.807, 2.05) is 0 Å². The molecule has 0 unspecified atom stereocenters. The van der Waals surface area contributed by atoms with Gasteiger partial charge in [-0.25, -0.2) is 14.4 Å². The summed E-state index contributed by atoms with van der Waals surface area (Å²) >= 11 is 0. The quantitative estimate of drug-likeness (QED) is 0.856. The number of halogens is 1. The second-order valence-electron chi connectivity index (χ2n) is 3.54. The molecule has 0 saturated carbocycles. The average Bonchev–Trinajstić information content (AvgIpc) is 2.37. The highest BCUT2D eigenvalue weighted by atomic mass is 19.1. The van der Waals surface area contributed by atoms with Crippen LogP contribution in [0.15, 0.2) is 36.8 Å². The standard InChI is InChI=1S/C12H10FN3O2/c13-8-1-2-10(11(17)5-8)12(18)15-6-9-3-4-14-7-16-9/h1-5,7,17H,6H2,(H,15,18). The number of rotatable bonds is 3. The van der Waals surface area contributed by atoms with Crippen molar-refractivity contribution in [3.05, 3.63) is 53.9 Å². The third-order valence-electron chi connectivity index (χ3n) is 2.28. The Hall–Kier alpha value is -2.50. The van der Waals surface area contributed by atoms with Crippen LogP contribution in [-0.4, -0.2) is 21.0 Å². The van der Waals surface area contributed by atoms with Gasteiger partial charge in [-0.3, -0.25) is 4.79 Å². The molecule has 18 heavy (non-hydrogen) atoms. The molecule has 1 aromatic carbocycles. The summed E-state index contributed by atoms with van der Waals surface area (Å²) in [6, 6.07) is 4.88. The third kappa shape index (κ3) is 2.79. The zero-order chi connectivity index (χ0) is 13.0. The average molecular weight is 247 g/mol. The fourth-order valence-electron chi connectivity index (χ4n) is 1.39. The Labute approximate surface area is 102 Å². The van der Waals surface area contributed by atoms with Crippen molar-refractivity contribution in [3.63, 3.8) is 0 Å². The molecule has 1 heterocycles. The fourth-order valence-corrected chi connectivity index (χ4v) is 1.39. The molecule has 0 aliphatic carbocycles. The van der Waals surface area contributed by atoms with Crippen LogP contribution < -0.4 is 5.32 Å². The van der Waals surface area contributed by atoms with Crippen LogP contribution in [0.1, 0.15) is 16.1 Å². The molecule has 0 saturated heterocycles. The van der Waals surface area contributed by atoms with Gasteiger partial charge in [0.2, 0.25) is 0 Å². The summed E-state index contributed by atoms with van der Waals surface area (Å²) in [4.78, 5) is 19.4. The Morgan fingerprint density at radius 1 is 1.39 bits per heavy atom. The van der Waals surface area contributed by atoms with Crippen molar-refractivity contribution >= 4 is 5.91 Å². The minimum atomic E-state index is -0.597. The molecular weight excluding hydrogens is 237 g/mol. The van der Waals surface area contributed by atoms with E-state index in [4.69, 9.17) is 0 Å². The number of phenolic OH excluding ortho intramolecular Hbond substituents is 1. The monoisotopic (exact) mass is 247 g/mol. The van der Waals surface area contributed by atoms with Crippen LogP contribution in [0.4, 0.5) is 4.39 Å². The van der Waals surface area contributed by atoms with Crippen molar-refractivity contribution in [1.82, 2.24) is 15.3 Å². The molecule has 5 nitrogen and oxygen atoms in total. The predicted octanol–water partition coefficient (Wildman–Crippen LogP) is 1.25. The Kier molecular flexibility index (Phi) is 3.47. The maximum atomic E-state index is 12.8. The molecule has 0 radical (unpaired) electrons. The molecule has 1 aromatic heterocycles. The molecule has 0 spiro atoms. The van der Waals surface area contributed by atoms with Crippen LogP contribution in [0.5, 0.6) is 5.75 Å². The first kappa shape index (κ1) is 12.0. The fraction of sp³-hybridized carbons (Fsp3) is 0.0833. The van der Waals surface area contributed by atoms with Crippen LogP contribution >= 0.6 is 0 Å². The third-order valence-corrected chi connectivity index (χ3v) is 2.28. The second kappa shape index (κ2) is 5.22. The lowest BCUT2D eigenvalue weighted by Gasteiger charge is -2.06. The van der Waals surface area contributed by atoms with Crippen molar-refractivity contribution in [2.24, 2.45) is 0 Å². The maximum absolute atomic E-state index is 12.8. The van der Waals surface area contributed by atoms with E-state index in [0.717, 1.165) is 12.1 Å². The summed E-state index contributed by atoms with van der Waals surface area (Å²) in [5.41, 5.74) is 0.658.